The van der Waals surface area contributed by atoms with Crippen molar-refractivity contribution in [2.24, 2.45) is 0 Å². The normalized spacial score (nSPS) is 11.1. The van der Waals surface area contributed by atoms with Crippen LogP contribution in [-0.2, 0) is 12.0 Å². The quantitative estimate of drug-likeness (QED) is 0.406. The highest BCUT2D eigenvalue weighted by molar-refractivity contribution is 6.03. The molecular formula is C23H24N2O6. The molecule has 0 bridgehead atoms. The predicted molar refractivity (Wildman–Crippen MR) is 116 cm³/mol. The minimum Gasteiger partial charge on any atom is -0.494 e. The molecule has 1 heterocycles. The van der Waals surface area contributed by atoms with Crippen molar-refractivity contribution < 1.29 is 23.6 Å². The summed E-state index contributed by atoms with van der Waals surface area (Å²) in [6, 6.07) is 15.0. The van der Waals surface area contributed by atoms with Crippen molar-refractivity contribution in [3.05, 3.63) is 81.8 Å². The molecule has 3 aromatic rings. The van der Waals surface area contributed by atoms with Crippen molar-refractivity contribution in [1.82, 2.24) is 0 Å². The summed E-state index contributed by atoms with van der Waals surface area (Å²) in [6.07, 6.45) is 0. The van der Waals surface area contributed by atoms with Gasteiger partial charge in [-0.05, 0) is 41.3 Å². The lowest BCUT2D eigenvalue weighted by Crippen LogP contribution is -2.12. The van der Waals surface area contributed by atoms with Gasteiger partial charge in [-0.25, -0.2) is 0 Å². The summed E-state index contributed by atoms with van der Waals surface area (Å²) in [5.74, 6) is 0.943. The first kappa shape index (κ1) is 21.9. The van der Waals surface area contributed by atoms with Crippen molar-refractivity contribution in [3.63, 3.8) is 0 Å². The fraction of sp³-hybridized carbons (Fsp3) is 0.261. The van der Waals surface area contributed by atoms with Crippen LogP contribution in [-0.4, -0.2) is 17.9 Å². The Morgan fingerprint density at radius 3 is 2.42 bits per heavy atom. The van der Waals surface area contributed by atoms with E-state index in [1.807, 2.05) is 24.3 Å². The number of carbonyl (C=O) groups excluding carboxylic acids is 1. The maximum absolute atomic E-state index is 12.5. The highest BCUT2D eigenvalue weighted by atomic mass is 16.6. The number of nitro benzene ring substituents is 1. The predicted octanol–water partition coefficient (Wildman–Crippen LogP) is 5.33. The third kappa shape index (κ3) is 5.42. The number of anilines is 1. The molecule has 162 valence electrons. The van der Waals surface area contributed by atoms with E-state index in [2.05, 4.69) is 26.1 Å². The van der Waals surface area contributed by atoms with E-state index in [1.54, 1.807) is 6.07 Å². The van der Waals surface area contributed by atoms with Crippen molar-refractivity contribution in [2.75, 3.05) is 12.4 Å². The van der Waals surface area contributed by atoms with Gasteiger partial charge in [-0.15, -0.1) is 0 Å². The van der Waals surface area contributed by atoms with E-state index in [0.717, 1.165) is 0 Å². The highest BCUT2D eigenvalue weighted by Crippen LogP contribution is 2.29. The number of non-ortho nitro benzene ring substituents is 1. The van der Waals surface area contributed by atoms with Gasteiger partial charge in [0.1, 0.15) is 23.9 Å². The number of rotatable bonds is 7. The van der Waals surface area contributed by atoms with Gasteiger partial charge in [0.15, 0.2) is 5.76 Å². The molecule has 0 atom stereocenters. The molecule has 1 aromatic heterocycles. The number of carbonyl (C=O) groups is 1. The molecule has 0 radical (unpaired) electrons. The van der Waals surface area contributed by atoms with Gasteiger partial charge in [0.2, 0.25) is 0 Å². The molecule has 0 fully saturated rings. The summed E-state index contributed by atoms with van der Waals surface area (Å²) in [5, 5.41) is 13.5. The molecule has 31 heavy (non-hydrogen) atoms. The Kier molecular flexibility index (Phi) is 6.29. The van der Waals surface area contributed by atoms with Crippen LogP contribution in [0.3, 0.4) is 0 Å². The Hall–Kier alpha value is -3.81. The van der Waals surface area contributed by atoms with E-state index in [-0.39, 0.29) is 29.2 Å². The SMILES string of the molecule is COc1cc([N+](=O)[O-])ccc1NC(=O)c1ccc(COc2ccc(C(C)(C)C)cc2)o1. The molecule has 8 nitrogen and oxygen atoms in total. The summed E-state index contributed by atoms with van der Waals surface area (Å²) in [7, 11) is 1.37. The Balaban J connectivity index is 1.63. The van der Waals surface area contributed by atoms with Crippen LogP contribution in [0, 0.1) is 10.1 Å². The highest BCUT2D eigenvalue weighted by Gasteiger charge is 2.17. The fourth-order valence-corrected chi connectivity index (χ4v) is 2.86. The molecule has 0 aliphatic carbocycles. The second-order valence-electron chi connectivity index (χ2n) is 7.92. The maximum Gasteiger partial charge on any atom is 0.291 e. The Morgan fingerprint density at radius 2 is 1.81 bits per heavy atom. The number of hydrogen-bond acceptors (Lipinski definition) is 6. The zero-order valence-electron chi connectivity index (χ0n) is 17.8. The van der Waals surface area contributed by atoms with Gasteiger partial charge in [0.25, 0.3) is 11.6 Å². The number of benzene rings is 2. The van der Waals surface area contributed by atoms with E-state index in [9.17, 15) is 14.9 Å². The van der Waals surface area contributed by atoms with Gasteiger partial charge < -0.3 is 19.2 Å². The second-order valence-corrected chi connectivity index (χ2v) is 7.92. The number of nitrogens with one attached hydrogen (secondary N) is 1. The third-order valence-corrected chi connectivity index (χ3v) is 4.63. The summed E-state index contributed by atoms with van der Waals surface area (Å²) in [4.78, 5) is 22.8. The molecule has 0 aliphatic rings. The average Bonchev–Trinajstić information content (AvgIpc) is 3.21. The minimum atomic E-state index is -0.538. The molecule has 0 unspecified atom stereocenters. The lowest BCUT2D eigenvalue weighted by atomic mass is 9.87. The molecular weight excluding hydrogens is 400 g/mol. The number of methoxy groups -OCH3 is 1. The number of furan rings is 1. The van der Waals surface area contributed by atoms with E-state index in [0.29, 0.717) is 17.2 Å². The largest absolute Gasteiger partial charge is 0.494 e. The smallest absolute Gasteiger partial charge is 0.291 e. The second kappa shape index (κ2) is 8.91. The Labute approximate surface area is 179 Å². The maximum atomic E-state index is 12.5. The van der Waals surface area contributed by atoms with Gasteiger partial charge in [-0.2, -0.15) is 0 Å². The van der Waals surface area contributed by atoms with Crippen LogP contribution in [0.5, 0.6) is 11.5 Å². The lowest BCUT2D eigenvalue weighted by molar-refractivity contribution is -0.384. The van der Waals surface area contributed by atoms with Crippen molar-refractivity contribution in [2.45, 2.75) is 32.8 Å². The summed E-state index contributed by atoms with van der Waals surface area (Å²) in [6.45, 7) is 6.60. The Morgan fingerprint density at radius 1 is 1.10 bits per heavy atom. The fourth-order valence-electron chi connectivity index (χ4n) is 2.86. The van der Waals surface area contributed by atoms with Crippen LogP contribution in [0.2, 0.25) is 0 Å². The first-order valence-electron chi connectivity index (χ1n) is 9.63. The van der Waals surface area contributed by atoms with Gasteiger partial charge >= 0.3 is 0 Å². The minimum absolute atomic E-state index is 0.0636. The monoisotopic (exact) mass is 424 g/mol. The van der Waals surface area contributed by atoms with Gasteiger partial charge in [0, 0.05) is 6.07 Å². The lowest BCUT2D eigenvalue weighted by Gasteiger charge is -2.19. The van der Waals surface area contributed by atoms with Gasteiger partial charge in [-0.1, -0.05) is 32.9 Å². The first-order chi connectivity index (χ1) is 14.7. The number of hydrogen-bond donors (Lipinski definition) is 1. The van der Waals surface area contributed by atoms with E-state index in [4.69, 9.17) is 13.9 Å². The molecule has 8 heteroatoms. The molecule has 3 rings (SSSR count). The average molecular weight is 424 g/mol. The summed E-state index contributed by atoms with van der Waals surface area (Å²) < 4.78 is 16.4. The number of nitrogens with zero attached hydrogens (tertiary/aromatic N) is 1. The van der Waals surface area contributed by atoms with Crippen LogP contribution < -0.4 is 14.8 Å². The van der Waals surface area contributed by atoms with E-state index in [1.165, 1.54) is 36.9 Å². The number of nitro groups is 1. The molecule has 1 N–H and O–H groups in total. The third-order valence-electron chi connectivity index (χ3n) is 4.63. The Bertz CT molecular complexity index is 1080. The summed E-state index contributed by atoms with van der Waals surface area (Å²) >= 11 is 0. The zero-order valence-corrected chi connectivity index (χ0v) is 17.8. The molecule has 0 aliphatic heterocycles. The number of ether oxygens (including phenoxy) is 2. The van der Waals surface area contributed by atoms with Gasteiger partial charge in [0.05, 0.1) is 23.8 Å². The van der Waals surface area contributed by atoms with Crippen LogP contribution in [0.1, 0.15) is 42.6 Å². The van der Waals surface area contributed by atoms with Gasteiger partial charge in [-0.3, -0.25) is 14.9 Å². The van der Waals surface area contributed by atoms with Crippen LogP contribution in [0.15, 0.2) is 59.0 Å². The molecule has 2 aromatic carbocycles. The first-order valence-corrected chi connectivity index (χ1v) is 9.63. The van der Waals surface area contributed by atoms with Crippen LogP contribution in [0.4, 0.5) is 11.4 Å². The topological polar surface area (TPSA) is 104 Å². The van der Waals surface area contributed by atoms with Crippen LogP contribution >= 0.6 is 0 Å². The van der Waals surface area contributed by atoms with Crippen molar-refractivity contribution >= 4 is 17.3 Å². The van der Waals surface area contributed by atoms with Crippen molar-refractivity contribution in [3.8, 4) is 11.5 Å². The van der Waals surface area contributed by atoms with E-state index >= 15 is 0 Å². The molecule has 0 saturated heterocycles. The number of amides is 1. The van der Waals surface area contributed by atoms with Crippen LogP contribution in [0.25, 0.3) is 0 Å². The van der Waals surface area contributed by atoms with Crippen molar-refractivity contribution in [1.29, 1.82) is 0 Å². The molecule has 0 spiro atoms. The molecule has 0 saturated carbocycles. The standard InChI is InChI=1S/C23H24N2O6/c1-23(2,3)15-5-8-17(9-6-15)30-14-18-10-12-20(31-18)22(26)24-19-11-7-16(25(27)28)13-21(19)29-4/h5-13H,14H2,1-4H3,(H,24,26). The molecule has 1 amide bonds. The summed E-state index contributed by atoms with van der Waals surface area (Å²) in [5.41, 5.74) is 1.43. The van der Waals surface area contributed by atoms with E-state index < -0.39 is 10.8 Å². The zero-order chi connectivity index (χ0) is 22.6.